The fourth-order valence-electron chi connectivity index (χ4n) is 1.44. The Kier molecular flexibility index (Phi) is 4.89. The maximum absolute atomic E-state index is 12.3. The quantitative estimate of drug-likeness (QED) is 0.868. The summed E-state index contributed by atoms with van der Waals surface area (Å²) in [6, 6.07) is 2.21. The number of hydrogen-bond acceptors (Lipinski definition) is 3. The first kappa shape index (κ1) is 13.9. The Bertz CT molecular complexity index is 332. The largest absolute Gasteiger partial charge is 0.417 e. The molecule has 1 atom stereocenters. The van der Waals surface area contributed by atoms with Gasteiger partial charge in [0, 0.05) is 13.3 Å². The molecule has 0 spiro atoms. The minimum absolute atomic E-state index is 0.188. The van der Waals surface area contributed by atoms with E-state index in [1.807, 2.05) is 6.92 Å². The van der Waals surface area contributed by atoms with E-state index in [1.54, 1.807) is 0 Å². The Balaban J connectivity index is 2.84. The third-order valence-corrected chi connectivity index (χ3v) is 2.25. The lowest BCUT2D eigenvalue weighted by molar-refractivity contribution is -0.137. The zero-order valence-corrected chi connectivity index (χ0v) is 9.71. The van der Waals surface area contributed by atoms with E-state index >= 15 is 0 Å². The molecule has 1 aromatic heterocycles. The van der Waals surface area contributed by atoms with Gasteiger partial charge in [-0.15, -0.1) is 0 Å². The van der Waals surface area contributed by atoms with Crippen LogP contribution in [0.25, 0.3) is 0 Å². The molecular weight excluding hydrogens is 233 g/mol. The number of pyridine rings is 1. The summed E-state index contributed by atoms with van der Waals surface area (Å²) in [6.45, 7) is 2.97. The number of rotatable bonds is 5. The van der Waals surface area contributed by atoms with Crippen molar-refractivity contribution in [2.24, 2.45) is 0 Å². The monoisotopic (exact) mass is 248 g/mol. The molecule has 0 amide bonds. The van der Waals surface area contributed by atoms with E-state index in [-0.39, 0.29) is 6.04 Å². The molecule has 1 unspecified atom stereocenters. The predicted octanol–water partition coefficient (Wildman–Crippen LogP) is 2.40. The molecule has 1 aromatic rings. The Morgan fingerprint density at radius 3 is 2.53 bits per heavy atom. The van der Waals surface area contributed by atoms with Gasteiger partial charge < -0.3 is 10.1 Å². The zero-order valence-electron chi connectivity index (χ0n) is 9.71. The van der Waals surface area contributed by atoms with Crippen LogP contribution in [0.5, 0.6) is 0 Å². The molecule has 0 bridgehead atoms. The molecule has 1 heterocycles. The minimum atomic E-state index is -4.35. The Morgan fingerprint density at radius 2 is 2.12 bits per heavy atom. The second-order valence-corrected chi connectivity index (χ2v) is 3.54. The summed E-state index contributed by atoms with van der Waals surface area (Å²) in [6.07, 6.45) is -3.50. The maximum Gasteiger partial charge on any atom is 0.417 e. The smallest absolute Gasteiger partial charge is 0.383 e. The highest BCUT2D eigenvalue weighted by Gasteiger charge is 2.30. The van der Waals surface area contributed by atoms with Gasteiger partial charge in [-0.3, -0.25) is 4.98 Å². The van der Waals surface area contributed by atoms with Gasteiger partial charge in [-0.2, -0.15) is 13.2 Å². The molecular formula is C11H15F3N2O. The molecule has 0 saturated heterocycles. The summed E-state index contributed by atoms with van der Waals surface area (Å²) >= 11 is 0. The average Bonchev–Trinajstić information content (AvgIpc) is 2.28. The molecule has 0 aliphatic rings. The van der Waals surface area contributed by atoms with Crippen LogP contribution >= 0.6 is 0 Å². The number of aromatic nitrogens is 1. The Morgan fingerprint density at radius 1 is 1.41 bits per heavy atom. The van der Waals surface area contributed by atoms with Crippen LogP contribution in [0.3, 0.4) is 0 Å². The van der Waals surface area contributed by atoms with Crippen molar-refractivity contribution in [3.8, 4) is 0 Å². The highest BCUT2D eigenvalue weighted by atomic mass is 19.4. The second-order valence-electron chi connectivity index (χ2n) is 3.54. The second kappa shape index (κ2) is 5.97. The van der Waals surface area contributed by atoms with E-state index in [1.165, 1.54) is 13.2 Å². The Labute approximate surface area is 98.0 Å². The van der Waals surface area contributed by atoms with Gasteiger partial charge in [0.2, 0.25) is 0 Å². The number of nitrogens with zero attached hydrogens (tertiary/aromatic N) is 1. The van der Waals surface area contributed by atoms with E-state index in [0.29, 0.717) is 18.8 Å². The van der Waals surface area contributed by atoms with E-state index in [0.717, 1.165) is 12.3 Å². The number of hydrogen-bond donors (Lipinski definition) is 1. The highest BCUT2D eigenvalue weighted by molar-refractivity contribution is 5.19. The highest BCUT2D eigenvalue weighted by Crippen LogP contribution is 2.28. The SMILES string of the molecule is CCNC(COC)c1ccc(C(F)(F)F)cn1. The lowest BCUT2D eigenvalue weighted by atomic mass is 10.1. The topological polar surface area (TPSA) is 34.1 Å². The van der Waals surface area contributed by atoms with Crippen LogP contribution in [0.15, 0.2) is 18.3 Å². The zero-order chi connectivity index (χ0) is 12.9. The molecule has 0 aromatic carbocycles. The van der Waals surface area contributed by atoms with Gasteiger partial charge >= 0.3 is 6.18 Å². The van der Waals surface area contributed by atoms with Crippen molar-refractivity contribution < 1.29 is 17.9 Å². The molecule has 0 aliphatic carbocycles. The third-order valence-electron chi connectivity index (χ3n) is 2.25. The van der Waals surface area contributed by atoms with Crippen molar-refractivity contribution in [2.45, 2.75) is 19.1 Å². The van der Waals surface area contributed by atoms with Gasteiger partial charge in [-0.1, -0.05) is 6.92 Å². The average molecular weight is 248 g/mol. The molecule has 0 saturated carbocycles. The molecule has 96 valence electrons. The molecule has 3 nitrogen and oxygen atoms in total. The van der Waals surface area contributed by atoms with Gasteiger partial charge in [0.05, 0.1) is 23.9 Å². The van der Waals surface area contributed by atoms with Crippen LogP contribution in [0.2, 0.25) is 0 Å². The number of nitrogens with one attached hydrogen (secondary N) is 1. The van der Waals surface area contributed by atoms with Crippen molar-refractivity contribution in [1.82, 2.24) is 10.3 Å². The van der Waals surface area contributed by atoms with E-state index in [2.05, 4.69) is 10.3 Å². The summed E-state index contributed by atoms with van der Waals surface area (Å²) in [5.41, 5.74) is -0.199. The van der Waals surface area contributed by atoms with Crippen molar-refractivity contribution in [1.29, 1.82) is 0 Å². The van der Waals surface area contributed by atoms with E-state index in [4.69, 9.17) is 4.74 Å². The first-order valence-corrected chi connectivity index (χ1v) is 5.24. The van der Waals surface area contributed by atoms with Gasteiger partial charge in [-0.05, 0) is 18.7 Å². The summed E-state index contributed by atoms with van der Waals surface area (Å²) < 4.78 is 42.0. The van der Waals surface area contributed by atoms with Crippen LogP contribution in [0, 0.1) is 0 Å². The van der Waals surface area contributed by atoms with Crippen molar-refractivity contribution in [2.75, 3.05) is 20.3 Å². The summed E-state index contributed by atoms with van der Waals surface area (Å²) in [4.78, 5) is 3.82. The molecule has 0 fully saturated rings. The van der Waals surface area contributed by atoms with Gasteiger partial charge in [-0.25, -0.2) is 0 Å². The minimum Gasteiger partial charge on any atom is -0.383 e. The number of ether oxygens (including phenoxy) is 1. The van der Waals surface area contributed by atoms with Crippen LogP contribution in [0.1, 0.15) is 24.2 Å². The number of methoxy groups -OCH3 is 1. The molecule has 0 aliphatic heterocycles. The summed E-state index contributed by atoms with van der Waals surface area (Å²) in [7, 11) is 1.54. The standard InChI is InChI=1S/C11H15F3N2O/c1-3-15-10(7-17-2)9-5-4-8(6-16-9)11(12,13)14/h4-6,10,15H,3,7H2,1-2H3. The normalized spacial score (nSPS) is 13.7. The fourth-order valence-corrected chi connectivity index (χ4v) is 1.44. The van der Waals surface area contributed by atoms with Crippen molar-refractivity contribution >= 4 is 0 Å². The first-order valence-electron chi connectivity index (χ1n) is 5.24. The van der Waals surface area contributed by atoms with Gasteiger partial charge in [0.15, 0.2) is 0 Å². The molecule has 1 rings (SSSR count). The summed E-state index contributed by atoms with van der Waals surface area (Å²) in [5, 5.41) is 3.09. The molecule has 1 N–H and O–H groups in total. The Hall–Kier alpha value is -1.14. The fraction of sp³-hybridized carbons (Fsp3) is 0.545. The van der Waals surface area contributed by atoms with Gasteiger partial charge in [0.1, 0.15) is 0 Å². The third kappa shape index (κ3) is 3.98. The van der Waals surface area contributed by atoms with Crippen molar-refractivity contribution in [3.05, 3.63) is 29.6 Å². The van der Waals surface area contributed by atoms with Crippen molar-refractivity contribution in [3.63, 3.8) is 0 Å². The predicted molar refractivity (Wildman–Crippen MR) is 57.5 cm³/mol. The summed E-state index contributed by atoms with van der Waals surface area (Å²) in [5.74, 6) is 0. The molecule has 17 heavy (non-hydrogen) atoms. The number of halogens is 3. The van der Waals surface area contributed by atoms with Crippen LogP contribution in [-0.2, 0) is 10.9 Å². The first-order chi connectivity index (χ1) is 7.99. The van der Waals surface area contributed by atoms with Crippen LogP contribution in [-0.4, -0.2) is 25.2 Å². The van der Waals surface area contributed by atoms with E-state index in [9.17, 15) is 13.2 Å². The number of alkyl halides is 3. The lowest BCUT2D eigenvalue weighted by Crippen LogP contribution is -2.25. The van der Waals surface area contributed by atoms with Crippen LogP contribution in [0.4, 0.5) is 13.2 Å². The molecule has 6 heteroatoms. The maximum atomic E-state index is 12.3. The lowest BCUT2D eigenvalue weighted by Gasteiger charge is -2.16. The van der Waals surface area contributed by atoms with Gasteiger partial charge in [0.25, 0.3) is 0 Å². The van der Waals surface area contributed by atoms with E-state index < -0.39 is 11.7 Å². The molecule has 0 radical (unpaired) electrons. The van der Waals surface area contributed by atoms with Crippen LogP contribution < -0.4 is 5.32 Å². The number of likely N-dealkylation sites (N-methyl/N-ethyl adjacent to an activating group) is 1.